The number of aromatic nitrogens is 6. The first-order valence-corrected chi connectivity index (χ1v) is 10.9. The van der Waals surface area contributed by atoms with Crippen LogP contribution in [-0.4, -0.2) is 29.1 Å². The van der Waals surface area contributed by atoms with E-state index in [-0.39, 0.29) is 0 Å². The normalized spacial score (nSPS) is 11.9. The molecule has 0 aliphatic carbocycles. The molecule has 6 aromatic rings. The van der Waals surface area contributed by atoms with Crippen LogP contribution in [0.2, 0.25) is 0 Å². The van der Waals surface area contributed by atoms with Crippen molar-refractivity contribution in [3.63, 3.8) is 0 Å². The topological polar surface area (TPSA) is 61.4 Å². The van der Waals surface area contributed by atoms with E-state index < -0.39 is 5.41 Å². The van der Waals surface area contributed by atoms with Gasteiger partial charge in [-0.2, -0.15) is 0 Å². The van der Waals surface area contributed by atoms with E-state index in [9.17, 15) is 0 Å². The second kappa shape index (κ2) is 7.38. The van der Waals surface area contributed by atoms with E-state index in [0.717, 1.165) is 45.1 Å². The van der Waals surface area contributed by atoms with Crippen molar-refractivity contribution in [2.45, 2.75) is 19.3 Å². The monoisotopic (exact) mass is 430 g/mol. The molecule has 6 heteroatoms. The number of hydrogen-bond acceptors (Lipinski definition) is 4. The lowest BCUT2D eigenvalue weighted by Crippen LogP contribution is -2.23. The molecular weight excluding hydrogens is 408 g/mol. The number of rotatable bonds is 4. The Hall–Kier alpha value is -4.32. The lowest BCUT2D eigenvalue weighted by atomic mass is 9.84. The van der Waals surface area contributed by atoms with Gasteiger partial charge in [0.2, 0.25) is 0 Å². The van der Waals surface area contributed by atoms with Crippen molar-refractivity contribution in [2.75, 3.05) is 0 Å². The van der Waals surface area contributed by atoms with Gasteiger partial charge in [-0.05, 0) is 74.5 Å². The first kappa shape index (κ1) is 19.4. The van der Waals surface area contributed by atoms with Gasteiger partial charge in [-0.3, -0.25) is 9.13 Å². The summed E-state index contributed by atoms with van der Waals surface area (Å²) in [4.78, 5) is 19.1. The number of fused-ring (bicyclic) bond motifs is 2. The zero-order valence-corrected chi connectivity index (χ0v) is 18.4. The van der Waals surface area contributed by atoms with Crippen LogP contribution in [0.1, 0.15) is 25.2 Å². The minimum Gasteiger partial charge on any atom is -0.285 e. The van der Waals surface area contributed by atoms with Crippen LogP contribution in [0.3, 0.4) is 0 Å². The van der Waals surface area contributed by atoms with Crippen LogP contribution >= 0.6 is 0 Å². The molecule has 0 aliphatic rings. The maximum Gasteiger partial charge on any atom is 0.145 e. The van der Waals surface area contributed by atoms with E-state index in [4.69, 9.17) is 9.97 Å². The Morgan fingerprint density at radius 3 is 1.55 bits per heavy atom. The molecule has 0 saturated carbocycles. The maximum absolute atomic E-state index is 5.02. The smallest absolute Gasteiger partial charge is 0.145 e. The highest BCUT2D eigenvalue weighted by atomic mass is 15.1. The van der Waals surface area contributed by atoms with Crippen LogP contribution in [0.15, 0.2) is 97.6 Å². The summed E-state index contributed by atoms with van der Waals surface area (Å²) in [5.74, 6) is 1.68. The lowest BCUT2D eigenvalue weighted by molar-refractivity contribution is 0.592. The first-order chi connectivity index (χ1) is 16.1. The van der Waals surface area contributed by atoms with Crippen molar-refractivity contribution in [2.24, 2.45) is 0 Å². The predicted molar refractivity (Wildman–Crippen MR) is 130 cm³/mol. The average Bonchev–Trinajstić information content (AvgIpc) is 3.49. The Labute approximate surface area is 191 Å². The third-order valence-corrected chi connectivity index (χ3v) is 6.14. The van der Waals surface area contributed by atoms with E-state index in [0.29, 0.717) is 0 Å². The number of pyridine rings is 4. The van der Waals surface area contributed by atoms with Crippen LogP contribution in [0.4, 0.5) is 0 Å². The number of nitrogens with zero attached hydrogens (tertiary/aromatic N) is 6. The van der Waals surface area contributed by atoms with Crippen molar-refractivity contribution < 1.29 is 0 Å². The molecule has 6 aromatic heterocycles. The van der Waals surface area contributed by atoms with Crippen molar-refractivity contribution in [3.8, 4) is 11.6 Å². The Morgan fingerprint density at radius 2 is 1.06 bits per heavy atom. The summed E-state index contributed by atoms with van der Waals surface area (Å²) in [6, 6.07) is 24.3. The summed E-state index contributed by atoms with van der Waals surface area (Å²) in [6.07, 6.45) is 7.64. The van der Waals surface area contributed by atoms with Crippen molar-refractivity contribution in [3.05, 3.63) is 109 Å². The Balaban J connectivity index is 1.42. The fourth-order valence-electron chi connectivity index (χ4n) is 4.24. The van der Waals surface area contributed by atoms with E-state index in [1.54, 1.807) is 0 Å². The summed E-state index contributed by atoms with van der Waals surface area (Å²) < 4.78 is 4.05. The minimum absolute atomic E-state index is 0.404. The van der Waals surface area contributed by atoms with Crippen LogP contribution in [0.5, 0.6) is 0 Å². The number of hydrogen-bond donors (Lipinski definition) is 0. The zero-order valence-electron chi connectivity index (χ0n) is 18.4. The van der Waals surface area contributed by atoms with E-state index >= 15 is 0 Å². The molecule has 160 valence electrons. The second-order valence-corrected chi connectivity index (χ2v) is 8.59. The van der Waals surface area contributed by atoms with Gasteiger partial charge in [0.25, 0.3) is 0 Å². The molecule has 0 radical (unpaired) electrons. The lowest BCUT2D eigenvalue weighted by Gasteiger charge is -2.25. The van der Waals surface area contributed by atoms with Crippen molar-refractivity contribution >= 4 is 22.1 Å². The van der Waals surface area contributed by atoms with Gasteiger partial charge >= 0.3 is 0 Å². The summed E-state index contributed by atoms with van der Waals surface area (Å²) in [6.45, 7) is 4.31. The minimum atomic E-state index is -0.404. The van der Waals surface area contributed by atoms with Gasteiger partial charge in [-0.1, -0.05) is 12.1 Å². The maximum atomic E-state index is 5.02. The summed E-state index contributed by atoms with van der Waals surface area (Å²) in [5.41, 5.74) is 3.27. The van der Waals surface area contributed by atoms with E-state index in [1.807, 2.05) is 70.3 Å². The molecule has 0 fully saturated rings. The summed E-state index contributed by atoms with van der Waals surface area (Å²) in [7, 11) is 0. The predicted octanol–water partition coefficient (Wildman–Crippen LogP) is 5.48. The van der Waals surface area contributed by atoms with Crippen LogP contribution in [0.25, 0.3) is 33.7 Å². The molecule has 0 amide bonds. The van der Waals surface area contributed by atoms with Gasteiger partial charge in [-0.25, -0.2) is 19.9 Å². The fraction of sp³-hybridized carbons (Fsp3) is 0.111. The van der Waals surface area contributed by atoms with Gasteiger partial charge in [0.1, 0.15) is 22.9 Å². The van der Waals surface area contributed by atoms with Crippen LogP contribution in [-0.2, 0) is 5.41 Å². The standard InChI is InChI=1S/C27H22N6/c1-27(2,21-9-3-11-23(30-21)32-17-13-19-7-5-15-28-25(19)32)22-10-4-12-24(31-22)33-18-14-20-8-6-16-29-26(20)33/h3-18H,1-2H3. The van der Waals surface area contributed by atoms with E-state index in [1.165, 1.54) is 0 Å². The molecule has 6 nitrogen and oxygen atoms in total. The fourth-order valence-corrected chi connectivity index (χ4v) is 4.24. The van der Waals surface area contributed by atoms with Gasteiger partial charge in [0.15, 0.2) is 0 Å². The molecule has 0 saturated heterocycles. The van der Waals surface area contributed by atoms with Gasteiger partial charge < -0.3 is 0 Å². The molecule has 0 unspecified atom stereocenters. The van der Waals surface area contributed by atoms with Gasteiger partial charge in [-0.15, -0.1) is 0 Å². The first-order valence-electron chi connectivity index (χ1n) is 10.9. The molecule has 0 aliphatic heterocycles. The molecule has 0 bridgehead atoms. The highest BCUT2D eigenvalue weighted by molar-refractivity contribution is 5.78. The molecular formula is C27H22N6. The highest BCUT2D eigenvalue weighted by Crippen LogP contribution is 2.31. The van der Waals surface area contributed by atoms with E-state index in [2.05, 4.69) is 60.2 Å². The van der Waals surface area contributed by atoms with Crippen LogP contribution < -0.4 is 0 Å². The molecule has 0 aromatic carbocycles. The third-order valence-electron chi connectivity index (χ3n) is 6.14. The average molecular weight is 431 g/mol. The largest absolute Gasteiger partial charge is 0.285 e. The summed E-state index contributed by atoms with van der Waals surface area (Å²) in [5, 5.41) is 2.18. The Morgan fingerprint density at radius 1 is 0.576 bits per heavy atom. The van der Waals surface area contributed by atoms with Gasteiger partial charge in [0, 0.05) is 41.0 Å². The zero-order chi connectivity index (χ0) is 22.4. The van der Waals surface area contributed by atoms with Gasteiger partial charge in [0.05, 0.1) is 11.4 Å². The molecule has 0 spiro atoms. The SMILES string of the molecule is CC(C)(c1cccc(-n2ccc3cccnc32)n1)c1cccc(-n2ccc3cccnc32)n1. The van der Waals surface area contributed by atoms with Crippen LogP contribution in [0, 0.1) is 0 Å². The van der Waals surface area contributed by atoms with Crippen molar-refractivity contribution in [1.29, 1.82) is 0 Å². The highest BCUT2D eigenvalue weighted by Gasteiger charge is 2.27. The second-order valence-electron chi connectivity index (χ2n) is 8.59. The third kappa shape index (κ3) is 3.19. The molecule has 0 N–H and O–H groups in total. The Bertz CT molecular complexity index is 1490. The molecule has 6 heterocycles. The summed E-state index contributed by atoms with van der Waals surface area (Å²) >= 11 is 0. The molecule has 0 atom stereocenters. The molecule has 6 rings (SSSR count). The Kier molecular flexibility index (Phi) is 4.33. The molecule has 33 heavy (non-hydrogen) atoms. The van der Waals surface area contributed by atoms with Crippen molar-refractivity contribution in [1.82, 2.24) is 29.1 Å². The quantitative estimate of drug-likeness (QED) is 0.372.